The van der Waals surface area contributed by atoms with Gasteiger partial charge in [0.05, 0.1) is 17.6 Å². The molecule has 2 N–H and O–H groups in total. The summed E-state index contributed by atoms with van der Waals surface area (Å²) in [7, 11) is 0. The predicted molar refractivity (Wildman–Crippen MR) is 105 cm³/mol. The number of urea groups is 1. The van der Waals surface area contributed by atoms with E-state index in [1.165, 1.54) is 6.39 Å². The van der Waals surface area contributed by atoms with Crippen LogP contribution in [-0.4, -0.2) is 16.0 Å². The highest BCUT2D eigenvalue weighted by atomic mass is 32.1. The second-order valence-electron chi connectivity index (χ2n) is 5.75. The largest absolute Gasteiger partial charge is 0.447 e. The van der Waals surface area contributed by atoms with E-state index in [1.807, 2.05) is 48.7 Å². The Hall–Kier alpha value is -3.45. The molecule has 0 fully saturated rings. The zero-order valence-electron chi connectivity index (χ0n) is 14.3. The van der Waals surface area contributed by atoms with E-state index < -0.39 is 0 Å². The highest BCUT2D eigenvalue weighted by Crippen LogP contribution is 2.32. The lowest BCUT2D eigenvalue weighted by Crippen LogP contribution is -2.27. The second kappa shape index (κ2) is 7.84. The molecule has 134 valence electrons. The third-order valence-corrected chi connectivity index (χ3v) is 4.96. The van der Waals surface area contributed by atoms with Gasteiger partial charge in [-0.05, 0) is 29.8 Å². The van der Waals surface area contributed by atoms with Crippen LogP contribution in [0.3, 0.4) is 0 Å². The number of nitrogens with zero attached hydrogens (tertiary/aromatic N) is 2. The van der Waals surface area contributed by atoms with Crippen LogP contribution >= 0.6 is 11.3 Å². The van der Waals surface area contributed by atoms with E-state index in [0.717, 1.165) is 21.0 Å². The Kier molecular flexibility index (Phi) is 4.93. The molecule has 0 radical (unpaired) electrons. The first kappa shape index (κ1) is 17.0. The standard InChI is InChI=1S/C20H16N4O2S/c25-20(23-11-17-10-21-13-26-17)24-16-8-6-15(7-9-16)19-22-12-18(27-19)14-4-2-1-3-5-14/h1-10,12-13H,11H2,(H2,23,24,25). The number of hydrogen-bond acceptors (Lipinski definition) is 5. The average Bonchev–Trinajstić information content (AvgIpc) is 3.40. The number of anilines is 1. The van der Waals surface area contributed by atoms with Crippen LogP contribution in [0.1, 0.15) is 5.76 Å². The normalized spacial score (nSPS) is 10.5. The van der Waals surface area contributed by atoms with Gasteiger partial charge in [-0.25, -0.2) is 14.8 Å². The molecule has 0 bridgehead atoms. The minimum Gasteiger partial charge on any atom is -0.447 e. The summed E-state index contributed by atoms with van der Waals surface area (Å²) in [4.78, 5) is 21.4. The van der Waals surface area contributed by atoms with Gasteiger partial charge in [0.15, 0.2) is 6.39 Å². The summed E-state index contributed by atoms with van der Waals surface area (Å²) < 4.78 is 5.07. The van der Waals surface area contributed by atoms with Crippen molar-refractivity contribution in [3.05, 3.63) is 79.1 Å². The van der Waals surface area contributed by atoms with E-state index >= 15 is 0 Å². The van der Waals surface area contributed by atoms with Crippen molar-refractivity contribution in [3.63, 3.8) is 0 Å². The number of aromatic nitrogens is 2. The van der Waals surface area contributed by atoms with Crippen molar-refractivity contribution in [3.8, 4) is 21.0 Å². The average molecular weight is 376 g/mol. The molecule has 2 aromatic carbocycles. The maximum atomic E-state index is 11.9. The fraction of sp³-hybridized carbons (Fsp3) is 0.0500. The lowest BCUT2D eigenvalue weighted by atomic mass is 10.2. The number of oxazole rings is 1. The van der Waals surface area contributed by atoms with Crippen molar-refractivity contribution in [1.29, 1.82) is 0 Å². The molecule has 0 aliphatic heterocycles. The van der Waals surface area contributed by atoms with Gasteiger partial charge in [0, 0.05) is 17.4 Å². The lowest BCUT2D eigenvalue weighted by molar-refractivity contribution is 0.251. The number of carbonyl (C=O) groups excluding carboxylic acids is 1. The molecule has 2 amide bonds. The summed E-state index contributed by atoms with van der Waals surface area (Å²) in [6.07, 6.45) is 4.78. The fourth-order valence-electron chi connectivity index (χ4n) is 2.51. The van der Waals surface area contributed by atoms with E-state index in [2.05, 4.69) is 32.7 Å². The Morgan fingerprint density at radius 2 is 1.81 bits per heavy atom. The van der Waals surface area contributed by atoms with Crippen LogP contribution < -0.4 is 10.6 Å². The monoisotopic (exact) mass is 376 g/mol. The van der Waals surface area contributed by atoms with Gasteiger partial charge in [-0.2, -0.15) is 0 Å². The number of carbonyl (C=O) groups is 1. The SMILES string of the molecule is O=C(NCc1cnco1)Nc1ccc(-c2ncc(-c3ccccc3)s2)cc1. The third-order valence-electron chi connectivity index (χ3n) is 3.86. The van der Waals surface area contributed by atoms with Gasteiger partial charge in [0.2, 0.25) is 0 Å². The van der Waals surface area contributed by atoms with Crippen molar-refractivity contribution in [2.45, 2.75) is 6.54 Å². The summed E-state index contributed by atoms with van der Waals surface area (Å²) in [5, 5.41) is 6.43. The molecule has 6 nitrogen and oxygen atoms in total. The summed E-state index contributed by atoms with van der Waals surface area (Å²) >= 11 is 1.64. The summed E-state index contributed by atoms with van der Waals surface area (Å²) in [5.74, 6) is 0.596. The molecule has 0 spiro atoms. The van der Waals surface area contributed by atoms with Crippen LogP contribution in [-0.2, 0) is 6.54 Å². The zero-order chi connectivity index (χ0) is 18.5. The molecule has 0 unspecified atom stereocenters. The Morgan fingerprint density at radius 1 is 1.00 bits per heavy atom. The number of hydrogen-bond donors (Lipinski definition) is 2. The quantitative estimate of drug-likeness (QED) is 0.525. The number of rotatable bonds is 5. The Morgan fingerprint density at radius 3 is 2.56 bits per heavy atom. The molecular weight excluding hydrogens is 360 g/mol. The van der Waals surface area contributed by atoms with Crippen LogP contribution in [0.15, 0.2) is 77.8 Å². The summed E-state index contributed by atoms with van der Waals surface area (Å²) in [6, 6.07) is 17.5. The minimum absolute atomic E-state index is 0.283. The van der Waals surface area contributed by atoms with Gasteiger partial charge in [0.25, 0.3) is 0 Å². The van der Waals surface area contributed by atoms with Gasteiger partial charge in [-0.1, -0.05) is 30.3 Å². The van der Waals surface area contributed by atoms with E-state index in [-0.39, 0.29) is 12.6 Å². The Balaban J connectivity index is 1.39. The van der Waals surface area contributed by atoms with E-state index in [1.54, 1.807) is 17.5 Å². The first-order chi connectivity index (χ1) is 13.3. The Labute approximate surface area is 159 Å². The molecular formula is C20H16N4O2S. The van der Waals surface area contributed by atoms with Crippen molar-refractivity contribution < 1.29 is 9.21 Å². The molecule has 4 aromatic rings. The molecule has 0 aliphatic carbocycles. The van der Waals surface area contributed by atoms with E-state index in [4.69, 9.17) is 4.42 Å². The van der Waals surface area contributed by atoms with Crippen molar-refractivity contribution >= 4 is 23.1 Å². The van der Waals surface area contributed by atoms with Gasteiger partial charge in [0.1, 0.15) is 10.8 Å². The highest BCUT2D eigenvalue weighted by Gasteiger charge is 2.08. The zero-order valence-corrected chi connectivity index (χ0v) is 15.1. The second-order valence-corrected chi connectivity index (χ2v) is 6.78. The van der Waals surface area contributed by atoms with E-state index in [0.29, 0.717) is 11.4 Å². The van der Waals surface area contributed by atoms with E-state index in [9.17, 15) is 4.79 Å². The minimum atomic E-state index is -0.306. The first-order valence-electron chi connectivity index (χ1n) is 8.32. The van der Waals surface area contributed by atoms with Crippen LogP contribution in [0.5, 0.6) is 0 Å². The molecule has 0 saturated carbocycles. The third kappa shape index (κ3) is 4.21. The van der Waals surface area contributed by atoms with Gasteiger partial charge in [-0.15, -0.1) is 11.3 Å². The first-order valence-corrected chi connectivity index (χ1v) is 9.13. The van der Waals surface area contributed by atoms with Crippen LogP contribution in [0, 0.1) is 0 Å². The lowest BCUT2D eigenvalue weighted by Gasteiger charge is -2.06. The number of thiazole rings is 1. The Bertz CT molecular complexity index is 1010. The predicted octanol–water partition coefficient (Wildman–Crippen LogP) is 4.79. The van der Waals surface area contributed by atoms with Gasteiger partial charge >= 0.3 is 6.03 Å². The highest BCUT2D eigenvalue weighted by molar-refractivity contribution is 7.18. The molecule has 0 saturated heterocycles. The molecule has 2 aromatic heterocycles. The molecule has 0 aliphatic rings. The van der Waals surface area contributed by atoms with Gasteiger partial charge in [-0.3, -0.25) is 0 Å². The number of amides is 2. The van der Waals surface area contributed by atoms with Crippen molar-refractivity contribution in [1.82, 2.24) is 15.3 Å². The molecule has 27 heavy (non-hydrogen) atoms. The molecule has 7 heteroatoms. The van der Waals surface area contributed by atoms with Crippen LogP contribution in [0.4, 0.5) is 10.5 Å². The fourth-order valence-corrected chi connectivity index (χ4v) is 3.44. The smallest absolute Gasteiger partial charge is 0.319 e. The topological polar surface area (TPSA) is 80.0 Å². The molecule has 4 rings (SSSR count). The maximum absolute atomic E-state index is 11.9. The van der Waals surface area contributed by atoms with Crippen LogP contribution in [0.25, 0.3) is 21.0 Å². The summed E-state index contributed by atoms with van der Waals surface area (Å²) in [6.45, 7) is 0.283. The maximum Gasteiger partial charge on any atom is 0.319 e. The van der Waals surface area contributed by atoms with Gasteiger partial charge < -0.3 is 15.1 Å². The van der Waals surface area contributed by atoms with Crippen LogP contribution in [0.2, 0.25) is 0 Å². The van der Waals surface area contributed by atoms with Crippen molar-refractivity contribution in [2.24, 2.45) is 0 Å². The number of nitrogens with one attached hydrogen (secondary N) is 2. The number of benzene rings is 2. The molecule has 0 atom stereocenters. The van der Waals surface area contributed by atoms with Crippen molar-refractivity contribution in [2.75, 3.05) is 5.32 Å². The summed E-state index contributed by atoms with van der Waals surface area (Å²) in [5.41, 5.74) is 2.87. The molecule has 2 heterocycles.